The predicted octanol–water partition coefficient (Wildman–Crippen LogP) is 4.42. The maximum absolute atomic E-state index is 11.5. The summed E-state index contributed by atoms with van der Waals surface area (Å²) in [6, 6.07) is 23.4. The second-order valence-electron chi connectivity index (χ2n) is 4.84. The summed E-state index contributed by atoms with van der Waals surface area (Å²) in [5.74, 6) is 0. The van der Waals surface area contributed by atoms with E-state index in [1.807, 2.05) is 72.8 Å². The number of aldehydes is 1. The zero-order valence-corrected chi connectivity index (χ0v) is 11.5. The van der Waals surface area contributed by atoms with Crippen molar-refractivity contribution in [3.8, 4) is 22.3 Å². The maximum atomic E-state index is 11.5. The fourth-order valence-electron chi connectivity index (χ4n) is 2.55. The Kier molecular flexibility index (Phi) is 3.52. The summed E-state index contributed by atoms with van der Waals surface area (Å²) in [7, 11) is 0. The molecule has 0 saturated carbocycles. The van der Waals surface area contributed by atoms with Gasteiger partial charge in [0.1, 0.15) is 0 Å². The molecule has 0 radical (unpaired) electrons. The van der Waals surface area contributed by atoms with Gasteiger partial charge in [-0.25, -0.2) is 0 Å². The molecule has 0 unspecified atom stereocenters. The van der Waals surface area contributed by atoms with Gasteiger partial charge in [0.2, 0.25) is 0 Å². The lowest BCUT2D eigenvalue weighted by atomic mass is 9.90. The Bertz CT molecular complexity index is 779. The molecule has 3 aromatic carbocycles. The van der Waals surface area contributed by atoms with Gasteiger partial charge in [0.05, 0.1) is 0 Å². The molecule has 0 saturated heterocycles. The summed E-state index contributed by atoms with van der Waals surface area (Å²) in [4.78, 5) is 11.5. The molecule has 21 heavy (non-hydrogen) atoms. The molecule has 2 heteroatoms. The summed E-state index contributed by atoms with van der Waals surface area (Å²) < 4.78 is 0. The Morgan fingerprint density at radius 2 is 1.38 bits per heavy atom. The first-order valence-electron chi connectivity index (χ1n) is 6.80. The third kappa shape index (κ3) is 2.43. The highest BCUT2D eigenvalue weighted by Gasteiger charge is 2.13. The van der Waals surface area contributed by atoms with Gasteiger partial charge in [-0.15, -0.1) is 0 Å². The molecule has 2 nitrogen and oxygen atoms in total. The molecular weight excluding hydrogens is 258 g/mol. The topological polar surface area (TPSA) is 43.1 Å². The first-order chi connectivity index (χ1) is 10.3. The Labute approximate surface area is 123 Å². The van der Waals surface area contributed by atoms with Crippen LogP contribution in [0.1, 0.15) is 10.4 Å². The zero-order chi connectivity index (χ0) is 14.7. The number of carbonyl (C=O) groups is 1. The van der Waals surface area contributed by atoms with E-state index in [9.17, 15) is 4.79 Å². The van der Waals surface area contributed by atoms with Gasteiger partial charge in [0, 0.05) is 22.4 Å². The van der Waals surface area contributed by atoms with E-state index >= 15 is 0 Å². The van der Waals surface area contributed by atoms with Crippen molar-refractivity contribution in [3.63, 3.8) is 0 Å². The Morgan fingerprint density at radius 1 is 0.714 bits per heavy atom. The highest BCUT2D eigenvalue weighted by molar-refractivity contribution is 5.98. The number of rotatable bonds is 3. The predicted molar refractivity (Wildman–Crippen MR) is 87.1 cm³/mol. The number of hydrogen-bond acceptors (Lipinski definition) is 2. The Balaban J connectivity index is 2.33. The van der Waals surface area contributed by atoms with Crippen molar-refractivity contribution < 1.29 is 4.79 Å². The van der Waals surface area contributed by atoms with E-state index in [0.717, 1.165) is 28.5 Å². The van der Waals surface area contributed by atoms with Gasteiger partial charge >= 0.3 is 0 Å². The van der Waals surface area contributed by atoms with Crippen LogP contribution in [0.2, 0.25) is 0 Å². The lowest BCUT2D eigenvalue weighted by molar-refractivity contribution is 0.112. The van der Waals surface area contributed by atoms with Gasteiger partial charge in [0.25, 0.3) is 0 Å². The molecule has 0 bridgehead atoms. The van der Waals surface area contributed by atoms with Crippen molar-refractivity contribution in [2.75, 3.05) is 5.73 Å². The van der Waals surface area contributed by atoms with E-state index in [1.54, 1.807) is 0 Å². The Morgan fingerprint density at radius 3 is 2.10 bits per heavy atom. The van der Waals surface area contributed by atoms with E-state index in [-0.39, 0.29) is 0 Å². The van der Waals surface area contributed by atoms with Crippen LogP contribution in [-0.4, -0.2) is 6.29 Å². The molecular formula is C19H15NO. The van der Waals surface area contributed by atoms with E-state index < -0.39 is 0 Å². The Hall–Kier alpha value is -2.87. The van der Waals surface area contributed by atoms with Crippen molar-refractivity contribution in [3.05, 3.63) is 78.4 Å². The van der Waals surface area contributed by atoms with Crippen LogP contribution in [0.25, 0.3) is 22.3 Å². The molecule has 0 aliphatic rings. The average Bonchev–Trinajstić information content (AvgIpc) is 2.55. The molecule has 3 aromatic rings. The number of hydrogen-bond donors (Lipinski definition) is 1. The fourth-order valence-corrected chi connectivity index (χ4v) is 2.55. The van der Waals surface area contributed by atoms with Gasteiger partial charge in [-0.3, -0.25) is 4.79 Å². The van der Waals surface area contributed by atoms with Crippen molar-refractivity contribution in [2.24, 2.45) is 0 Å². The minimum Gasteiger partial charge on any atom is -0.398 e. The van der Waals surface area contributed by atoms with Crippen molar-refractivity contribution in [1.82, 2.24) is 0 Å². The molecule has 0 atom stereocenters. The van der Waals surface area contributed by atoms with Crippen LogP contribution in [0.3, 0.4) is 0 Å². The van der Waals surface area contributed by atoms with Crippen molar-refractivity contribution in [2.45, 2.75) is 0 Å². The summed E-state index contributed by atoms with van der Waals surface area (Å²) in [6.07, 6.45) is 0.883. The smallest absolute Gasteiger partial charge is 0.150 e. The molecule has 0 aromatic heterocycles. The third-order valence-electron chi connectivity index (χ3n) is 3.54. The van der Waals surface area contributed by atoms with Gasteiger partial charge in [-0.1, -0.05) is 66.7 Å². The lowest BCUT2D eigenvalue weighted by Gasteiger charge is -2.14. The summed E-state index contributed by atoms with van der Waals surface area (Å²) in [6.45, 7) is 0. The van der Waals surface area contributed by atoms with E-state index in [2.05, 4.69) is 0 Å². The monoisotopic (exact) mass is 273 g/mol. The average molecular weight is 273 g/mol. The van der Waals surface area contributed by atoms with Crippen LogP contribution < -0.4 is 5.73 Å². The standard InChI is InChI=1S/C19H15NO/c20-18-12-5-4-10-17(18)19-15(13-21)9-6-11-16(19)14-7-2-1-3-8-14/h1-13H,20H2. The minimum absolute atomic E-state index is 0.647. The van der Waals surface area contributed by atoms with Crippen LogP contribution in [0.5, 0.6) is 0 Å². The minimum atomic E-state index is 0.647. The number of para-hydroxylation sites is 1. The van der Waals surface area contributed by atoms with Crippen LogP contribution in [0.4, 0.5) is 5.69 Å². The molecule has 0 aliphatic heterocycles. The normalized spacial score (nSPS) is 10.3. The molecule has 0 amide bonds. The van der Waals surface area contributed by atoms with Gasteiger partial charge in [-0.05, 0) is 17.2 Å². The van der Waals surface area contributed by atoms with Crippen LogP contribution in [-0.2, 0) is 0 Å². The first kappa shape index (κ1) is 13.1. The van der Waals surface area contributed by atoms with Crippen LogP contribution in [0, 0.1) is 0 Å². The number of benzene rings is 3. The van der Waals surface area contributed by atoms with Crippen LogP contribution in [0.15, 0.2) is 72.8 Å². The molecule has 2 N–H and O–H groups in total. The van der Waals surface area contributed by atoms with Crippen molar-refractivity contribution >= 4 is 12.0 Å². The van der Waals surface area contributed by atoms with Gasteiger partial charge < -0.3 is 5.73 Å². The number of nitrogen functional groups attached to an aromatic ring is 1. The number of nitrogens with two attached hydrogens (primary N) is 1. The second-order valence-corrected chi connectivity index (χ2v) is 4.84. The molecule has 0 aliphatic carbocycles. The van der Waals surface area contributed by atoms with Crippen LogP contribution >= 0.6 is 0 Å². The van der Waals surface area contributed by atoms with Crippen molar-refractivity contribution in [1.29, 1.82) is 0 Å². The maximum Gasteiger partial charge on any atom is 0.150 e. The molecule has 0 heterocycles. The highest BCUT2D eigenvalue weighted by atomic mass is 16.1. The second kappa shape index (κ2) is 5.63. The summed E-state index contributed by atoms with van der Waals surface area (Å²) >= 11 is 0. The summed E-state index contributed by atoms with van der Waals surface area (Å²) in [5, 5.41) is 0. The summed E-state index contributed by atoms with van der Waals surface area (Å²) in [5.41, 5.74) is 11.3. The van der Waals surface area contributed by atoms with Gasteiger partial charge in [0.15, 0.2) is 6.29 Å². The molecule has 0 spiro atoms. The SMILES string of the molecule is Nc1ccccc1-c1c(C=O)cccc1-c1ccccc1. The molecule has 102 valence electrons. The first-order valence-corrected chi connectivity index (χ1v) is 6.80. The number of anilines is 1. The lowest BCUT2D eigenvalue weighted by Crippen LogP contribution is -1.96. The number of carbonyl (C=O) groups excluding carboxylic acids is 1. The molecule has 3 rings (SSSR count). The van der Waals surface area contributed by atoms with E-state index in [4.69, 9.17) is 5.73 Å². The third-order valence-corrected chi connectivity index (χ3v) is 3.54. The quantitative estimate of drug-likeness (QED) is 0.567. The zero-order valence-electron chi connectivity index (χ0n) is 11.5. The van der Waals surface area contributed by atoms with E-state index in [1.165, 1.54) is 0 Å². The highest BCUT2D eigenvalue weighted by Crippen LogP contribution is 2.37. The fraction of sp³-hybridized carbons (Fsp3) is 0. The largest absolute Gasteiger partial charge is 0.398 e. The van der Waals surface area contributed by atoms with E-state index in [0.29, 0.717) is 11.3 Å². The van der Waals surface area contributed by atoms with Gasteiger partial charge in [-0.2, -0.15) is 0 Å². The molecule has 0 fully saturated rings.